The number of nitrogens with zero attached hydrogens (tertiary/aromatic N) is 4. The summed E-state index contributed by atoms with van der Waals surface area (Å²) in [5.41, 5.74) is 2.46. The Kier molecular flexibility index (Phi) is 6.26. The lowest BCUT2D eigenvalue weighted by Crippen LogP contribution is -2.54. The van der Waals surface area contributed by atoms with Crippen molar-refractivity contribution in [3.05, 3.63) is 70.0 Å². The van der Waals surface area contributed by atoms with Crippen molar-refractivity contribution in [2.24, 2.45) is 7.05 Å². The van der Waals surface area contributed by atoms with Crippen LogP contribution in [0.3, 0.4) is 0 Å². The molecule has 1 aliphatic heterocycles. The first-order chi connectivity index (χ1) is 16.0. The van der Waals surface area contributed by atoms with E-state index in [1.807, 2.05) is 6.07 Å². The molecule has 3 aromatic rings. The second kappa shape index (κ2) is 8.88. The molecule has 1 saturated heterocycles. The molecule has 34 heavy (non-hydrogen) atoms. The second-order valence-electron chi connectivity index (χ2n) is 9.08. The van der Waals surface area contributed by atoms with Gasteiger partial charge in [0.25, 0.3) is 5.91 Å². The quantitative estimate of drug-likeness (QED) is 0.571. The molecule has 0 N–H and O–H groups in total. The van der Waals surface area contributed by atoms with E-state index in [0.29, 0.717) is 25.2 Å². The fourth-order valence-electron chi connectivity index (χ4n) is 4.50. The largest absolute Gasteiger partial charge is 0.365 e. The SMILES string of the molecule is Cc1cccc(N2CCN(C(=O)c3cn(C)c4ccc(S(=O)(=O)N(C)C)cc4c3=O)CC2C)c1. The van der Waals surface area contributed by atoms with Crippen molar-refractivity contribution < 1.29 is 13.2 Å². The van der Waals surface area contributed by atoms with Crippen LogP contribution in [-0.4, -0.2) is 67.9 Å². The van der Waals surface area contributed by atoms with Gasteiger partial charge in [-0.1, -0.05) is 12.1 Å². The predicted octanol–water partition coefficient (Wildman–Crippen LogP) is 2.45. The van der Waals surface area contributed by atoms with E-state index in [9.17, 15) is 18.0 Å². The molecule has 8 nitrogen and oxygen atoms in total. The number of amides is 1. The Morgan fingerprint density at radius 1 is 1.09 bits per heavy atom. The van der Waals surface area contributed by atoms with Gasteiger partial charge in [0, 0.05) is 64.1 Å². The van der Waals surface area contributed by atoms with Crippen LogP contribution in [0, 0.1) is 6.92 Å². The molecular weight excluding hydrogens is 452 g/mol. The summed E-state index contributed by atoms with van der Waals surface area (Å²) in [7, 11) is 0.916. The number of carbonyl (C=O) groups is 1. The Labute approximate surface area is 200 Å². The number of hydrogen-bond acceptors (Lipinski definition) is 5. The van der Waals surface area contributed by atoms with Crippen LogP contribution >= 0.6 is 0 Å². The van der Waals surface area contributed by atoms with Crippen LogP contribution in [0.4, 0.5) is 5.69 Å². The maximum absolute atomic E-state index is 13.4. The highest BCUT2D eigenvalue weighted by molar-refractivity contribution is 7.89. The summed E-state index contributed by atoms with van der Waals surface area (Å²) in [6.45, 7) is 5.77. The van der Waals surface area contributed by atoms with E-state index in [-0.39, 0.29) is 27.8 Å². The van der Waals surface area contributed by atoms with E-state index in [0.717, 1.165) is 9.99 Å². The lowest BCUT2D eigenvalue weighted by atomic mass is 10.1. The number of anilines is 1. The normalized spacial score (nSPS) is 16.9. The lowest BCUT2D eigenvalue weighted by molar-refractivity contribution is 0.0724. The maximum atomic E-state index is 13.4. The molecule has 1 amide bonds. The van der Waals surface area contributed by atoms with Crippen LogP contribution in [0.25, 0.3) is 10.9 Å². The summed E-state index contributed by atoms with van der Waals surface area (Å²) in [6.07, 6.45) is 1.55. The molecule has 1 aliphatic rings. The summed E-state index contributed by atoms with van der Waals surface area (Å²) in [4.78, 5) is 30.8. The molecule has 9 heteroatoms. The first-order valence-corrected chi connectivity index (χ1v) is 12.6. The molecule has 1 fully saturated rings. The number of piperazine rings is 1. The molecule has 2 aromatic carbocycles. The van der Waals surface area contributed by atoms with Crippen LogP contribution in [0.5, 0.6) is 0 Å². The minimum absolute atomic E-state index is 0.0205. The minimum Gasteiger partial charge on any atom is -0.365 e. The van der Waals surface area contributed by atoms with Crippen LogP contribution in [0.15, 0.2) is 58.4 Å². The van der Waals surface area contributed by atoms with Gasteiger partial charge in [0.15, 0.2) is 0 Å². The lowest BCUT2D eigenvalue weighted by Gasteiger charge is -2.41. The average molecular weight is 483 g/mol. The Balaban J connectivity index is 1.66. The Morgan fingerprint density at radius 2 is 1.82 bits per heavy atom. The number of aromatic nitrogens is 1. The van der Waals surface area contributed by atoms with Gasteiger partial charge >= 0.3 is 0 Å². The Morgan fingerprint density at radius 3 is 2.47 bits per heavy atom. The number of benzene rings is 2. The third kappa shape index (κ3) is 4.21. The van der Waals surface area contributed by atoms with Gasteiger partial charge in [-0.15, -0.1) is 0 Å². The van der Waals surface area contributed by atoms with Gasteiger partial charge in [-0.25, -0.2) is 12.7 Å². The minimum atomic E-state index is -3.71. The van der Waals surface area contributed by atoms with Crippen molar-refractivity contribution in [1.82, 2.24) is 13.8 Å². The number of carbonyl (C=O) groups excluding carboxylic acids is 1. The first kappa shape index (κ1) is 24.0. The Hall–Kier alpha value is -3.17. The highest BCUT2D eigenvalue weighted by atomic mass is 32.2. The monoisotopic (exact) mass is 482 g/mol. The van der Waals surface area contributed by atoms with Gasteiger partial charge in [-0.05, 0) is 49.7 Å². The summed E-state index contributed by atoms with van der Waals surface area (Å²) >= 11 is 0. The molecule has 2 heterocycles. The molecule has 1 aromatic heterocycles. The summed E-state index contributed by atoms with van der Waals surface area (Å²) in [6, 6.07) is 12.8. The standard InChI is InChI=1S/C25H30N4O4S/c1-17-7-6-8-19(13-17)29-12-11-28(15-18(29)2)25(31)22-16-27(5)23-10-9-20(14-21(23)24(22)30)34(32,33)26(3)4/h6-10,13-14,16,18H,11-12,15H2,1-5H3. The van der Waals surface area contributed by atoms with Gasteiger partial charge in [0.2, 0.25) is 15.5 Å². The number of pyridine rings is 1. The second-order valence-corrected chi connectivity index (χ2v) is 11.2. The molecule has 180 valence electrons. The van der Waals surface area contributed by atoms with Crippen LogP contribution in [-0.2, 0) is 17.1 Å². The number of rotatable bonds is 4. The highest BCUT2D eigenvalue weighted by Gasteiger charge is 2.29. The van der Waals surface area contributed by atoms with Crippen LogP contribution < -0.4 is 10.3 Å². The molecule has 0 spiro atoms. The van der Waals surface area contributed by atoms with Gasteiger partial charge in [-0.2, -0.15) is 0 Å². The summed E-state index contributed by atoms with van der Waals surface area (Å²) < 4.78 is 28.0. The van der Waals surface area contributed by atoms with Crippen molar-refractivity contribution in [3.8, 4) is 0 Å². The van der Waals surface area contributed by atoms with Crippen molar-refractivity contribution in [2.75, 3.05) is 38.6 Å². The van der Waals surface area contributed by atoms with E-state index in [1.54, 1.807) is 28.8 Å². The van der Waals surface area contributed by atoms with Gasteiger partial charge in [0.1, 0.15) is 5.56 Å². The Bertz CT molecular complexity index is 1430. The topological polar surface area (TPSA) is 82.9 Å². The van der Waals surface area contributed by atoms with Gasteiger partial charge in [-0.3, -0.25) is 9.59 Å². The molecule has 0 aliphatic carbocycles. The fraction of sp³-hybridized carbons (Fsp3) is 0.360. The number of hydrogen-bond donors (Lipinski definition) is 0. The zero-order valence-electron chi connectivity index (χ0n) is 20.1. The average Bonchev–Trinajstić information content (AvgIpc) is 2.80. The molecule has 1 atom stereocenters. The van der Waals surface area contributed by atoms with Crippen molar-refractivity contribution >= 4 is 32.5 Å². The fourth-order valence-corrected chi connectivity index (χ4v) is 5.43. The van der Waals surface area contributed by atoms with E-state index in [1.165, 1.54) is 31.8 Å². The van der Waals surface area contributed by atoms with Crippen LogP contribution in [0.1, 0.15) is 22.8 Å². The van der Waals surface area contributed by atoms with Crippen LogP contribution in [0.2, 0.25) is 0 Å². The number of aryl methyl sites for hydroxylation is 2. The third-order valence-corrected chi connectivity index (χ3v) is 8.23. The molecule has 4 rings (SSSR count). The first-order valence-electron chi connectivity index (χ1n) is 11.2. The highest BCUT2D eigenvalue weighted by Crippen LogP contribution is 2.23. The van der Waals surface area contributed by atoms with Crippen molar-refractivity contribution in [3.63, 3.8) is 0 Å². The molecular formula is C25H30N4O4S. The van der Waals surface area contributed by atoms with E-state index < -0.39 is 15.5 Å². The smallest absolute Gasteiger partial charge is 0.259 e. The maximum Gasteiger partial charge on any atom is 0.259 e. The van der Waals surface area contributed by atoms with Crippen molar-refractivity contribution in [2.45, 2.75) is 24.8 Å². The third-order valence-electron chi connectivity index (χ3n) is 6.42. The zero-order valence-corrected chi connectivity index (χ0v) is 21.0. The zero-order chi connectivity index (χ0) is 24.8. The predicted molar refractivity (Wildman–Crippen MR) is 134 cm³/mol. The molecule has 0 bridgehead atoms. The van der Waals surface area contributed by atoms with E-state index in [2.05, 4.69) is 36.9 Å². The van der Waals surface area contributed by atoms with E-state index >= 15 is 0 Å². The van der Waals surface area contributed by atoms with Gasteiger partial charge in [0.05, 0.1) is 10.4 Å². The number of fused-ring (bicyclic) bond motifs is 1. The molecule has 0 saturated carbocycles. The summed E-state index contributed by atoms with van der Waals surface area (Å²) in [5.74, 6) is -0.334. The van der Waals surface area contributed by atoms with Crippen molar-refractivity contribution in [1.29, 1.82) is 0 Å². The molecule has 1 unspecified atom stereocenters. The molecule has 0 radical (unpaired) electrons. The van der Waals surface area contributed by atoms with Gasteiger partial charge < -0.3 is 14.4 Å². The van der Waals surface area contributed by atoms with E-state index in [4.69, 9.17) is 0 Å². The number of sulfonamides is 1. The summed E-state index contributed by atoms with van der Waals surface area (Å²) in [5, 5.41) is 0.211.